The number of aliphatic hydroxyl groups excluding tert-OH is 2. The van der Waals surface area contributed by atoms with E-state index in [4.69, 9.17) is 29.2 Å². The van der Waals surface area contributed by atoms with E-state index in [-0.39, 0.29) is 68.6 Å². The Balaban J connectivity index is 0.000000523. The smallest absolute Gasteiger partial charge is 0.463 e. The van der Waals surface area contributed by atoms with Crippen molar-refractivity contribution in [2.45, 2.75) is 0 Å². The van der Waals surface area contributed by atoms with Crippen LogP contribution in [-0.2, 0) is 45.6 Å². The third kappa shape index (κ3) is 14.0. The van der Waals surface area contributed by atoms with Gasteiger partial charge >= 0.3 is 29.0 Å². The second-order valence-electron chi connectivity index (χ2n) is 5.29. The van der Waals surface area contributed by atoms with Crippen molar-refractivity contribution in [1.82, 2.24) is 0 Å². The molecule has 2 aliphatic carbocycles. The second-order valence-corrected chi connectivity index (χ2v) is 5.29. The summed E-state index contributed by atoms with van der Waals surface area (Å²) in [5.41, 5.74) is 0. The summed E-state index contributed by atoms with van der Waals surface area (Å²) in [5, 5.41) is 16.8. The zero-order valence-electron chi connectivity index (χ0n) is 16.0. The van der Waals surface area contributed by atoms with Crippen LogP contribution in [0.25, 0.3) is 0 Å². The molecule has 2 saturated carbocycles. The molecule has 2 fully saturated rings. The van der Waals surface area contributed by atoms with Gasteiger partial charge in [-0.25, -0.2) is 0 Å². The minimum atomic E-state index is -0.345. The molecule has 0 spiro atoms. The van der Waals surface area contributed by atoms with E-state index < -0.39 is 0 Å². The van der Waals surface area contributed by atoms with Crippen LogP contribution in [0, 0.1) is 63.2 Å². The molecule has 29 heavy (non-hydrogen) atoms. The second kappa shape index (κ2) is 19.3. The first-order chi connectivity index (χ1) is 13.7. The van der Waals surface area contributed by atoms with E-state index in [1.54, 1.807) is 51.4 Å². The Morgan fingerprint density at radius 1 is 0.621 bits per heavy atom. The average Bonchev–Trinajstić information content (AvgIpc) is 3.42. The summed E-state index contributed by atoms with van der Waals surface area (Å²) >= 11 is 0. The first-order valence-electron chi connectivity index (χ1n) is 8.84. The predicted molar refractivity (Wildman–Crippen MR) is 98.6 cm³/mol. The zero-order chi connectivity index (χ0) is 20.5. The molecule has 0 atom stereocenters. The molecular weight excluding hydrogens is 424 g/mol. The van der Waals surface area contributed by atoms with Crippen LogP contribution < -0.4 is 0 Å². The van der Waals surface area contributed by atoms with E-state index in [2.05, 4.69) is 0 Å². The van der Waals surface area contributed by atoms with E-state index in [1.807, 2.05) is 0 Å². The van der Waals surface area contributed by atoms with Crippen LogP contribution in [0.1, 0.15) is 0 Å². The molecule has 2 aliphatic rings. The van der Waals surface area contributed by atoms with Crippen molar-refractivity contribution in [1.29, 1.82) is 0 Å². The van der Waals surface area contributed by atoms with Crippen molar-refractivity contribution < 1.29 is 55.8 Å². The zero-order valence-corrected chi connectivity index (χ0v) is 17.1. The fourth-order valence-electron chi connectivity index (χ4n) is 1.91. The van der Waals surface area contributed by atoms with Crippen molar-refractivity contribution in [2.24, 2.45) is 0 Å². The van der Waals surface area contributed by atoms with Crippen molar-refractivity contribution in [3.63, 3.8) is 0 Å². The van der Waals surface area contributed by atoms with E-state index >= 15 is 0 Å². The Kier molecular flexibility index (Phi) is 18.8. The summed E-state index contributed by atoms with van der Waals surface area (Å²) in [6.07, 6.45) is 13.9. The van der Waals surface area contributed by atoms with Gasteiger partial charge in [0.2, 0.25) is 0 Å². The number of aliphatic hydroxyl groups is 2. The normalized spacial score (nSPS) is 16.6. The van der Waals surface area contributed by atoms with Crippen molar-refractivity contribution >= 4 is 11.9 Å². The fraction of sp³-hybridized carbons (Fsp3) is 0.400. The van der Waals surface area contributed by atoms with Gasteiger partial charge in [0, 0.05) is 0 Å². The number of ether oxygens (including phenoxy) is 4. The van der Waals surface area contributed by atoms with Crippen LogP contribution in [-0.4, -0.2) is 75.0 Å². The molecule has 0 heterocycles. The number of hydrogen-bond acceptors (Lipinski definition) is 8. The molecule has 160 valence electrons. The van der Waals surface area contributed by atoms with E-state index in [0.29, 0.717) is 25.0 Å². The van der Waals surface area contributed by atoms with Crippen molar-refractivity contribution in [3.8, 4) is 0 Å². The maximum Gasteiger partial charge on any atom is 2.00 e. The summed E-state index contributed by atoms with van der Waals surface area (Å²) < 4.78 is 19.6. The molecule has 0 aromatic carbocycles. The molecule has 0 aliphatic heterocycles. The molecule has 2 rings (SSSR count). The van der Waals surface area contributed by atoms with Crippen molar-refractivity contribution in [2.75, 3.05) is 52.9 Å². The van der Waals surface area contributed by atoms with Gasteiger partial charge in [-0.2, -0.15) is 0 Å². The molecule has 8 nitrogen and oxygen atoms in total. The first-order valence-corrected chi connectivity index (χ1v) is 8.84. The monoisotopic (exact) mass is 450 g/mol. The van der Waals surface area contributed by atoms with E-state index in [1.165, 1.54) is 0 Å². The van der Waals surface area contributed by atoms with Crippen molar-refractivity contribution in [3.05, 3.63) is 63.2 Å². The third-order valence-electron chi connectivity index (χ3n) is 3.19. The Labute approximate surface area is 184 Å². The molecule has 0 amide bonds. The topological polar surface area (TPSA) is 112 Å². The molecule has 0 aromatic heterocycles. The molecular formula is C20H26FeO8+2. The fourth-order valence-corrected chi connectivity index (χ4v) is 1.91. The number of carbonyl (C=O) groups is 2. The maximum absolute atomic E-state index is 11.2. The standard InChI is InChI=1S/2C10H13O4.Fe/c2*11-5-6-13-7-8-14-10(12)9-3-1-2-4-9;/h2*1-4,11H,5-8H2;/q;;+2. The molecule has 10 radical (unpaired) electrons. The van der Waals surface area contributed by atoms with E-state index in [9.17, 15) is 9.59 Å². The Bertz CT molecular complexity index is 371. The van der Waals surface area contributed by atoms with Gasteiger partial charge in [0.15, 0.2) is 0 Å². The van der Waals surface area contributed by atoms with Gasteiger partial charge in [0.1, 0.15) is 13.2 Å². The molecule has 2 N–H and O–H groups in total. The molecule has 0 aromatic rings. The van der Waals surface area contributed by atoms with Gasteiger partial charge in [0.05, 0.1) is 51.5 Å². The van der Waals surface area contributed by atoms with Gasteiger partial charge in [-0.1, -0.05) is 0 Å². The number of hydrogen-bond donors (Lipinski definition) is 2. The minimum Gasteiger partial charge on any atom is -0.463 e. The summed E-state index contributed by atoms with van der Waals surface area (Å²) in [7, 11) is 0. The first kappa shape index (κ1) is 28.3. The average molecular weight is 450 g/mol. The van der Waals surface area contributed by atoms with E-state index in [0.717, 1.165) is 0 Å². The van der Waals surface area contributed by atoms with Gasteiger partial charge < -0.3 is 29.2 Å². The summed E-state index contributed by atoms with van der Waals surface area (Å²) in [6.45, 7) is 1.56. The molecule has 0 unspecified atom stereocenters. The van der Waals surface area contributed by atoms with Gasteiger partial charge in [-0.3, -0.25) is 9.59 Å². The minimum absolute atomic E-state index is 0. The van der Waals surface area contributed by atoms with Crippen LogP contribution in [0.15, 0.2) is 0 Å². The van der Waals surface area contributed by atoms with Crippen LogP contribution in [0.2, 0.25) is 0 Å². The largest absolute Gasteiger partial charge is 2.00 e. The molecule has 0 bridgehead atoms. The number of rotatable bonds is 12. The quantitative estimate of drug-likeness (QED) is 0.241. The maximum atomic E-state index is 11.2. The SMILES string of the molecule is O=C(OCCOCCO)[C]1[CH][CH][CH][CH]1.O=C(OCCOCCO)[C]1[CH][CH][CH][CH]1.[Fe+2]. The third-order valence-corrected chi connectivity index (χ3v) is 3.19. The van der Waals surface area contributed by atoms with Crippen LogP contribution >= 0.6 is 0 Å². The summed E-state index contributed by atoms with van der Waals surface area (Å²) in [5.74, 6) is 0.407. The number of carbonyl (C=O) groups excluding carboxylic acids is 2. The Morgan fingerprint density at radius 3 is 1.28 bits per heavy atom. The van der Waals surface area contributed by atoms with Gasteiger partial charge in [-0.05, 0) is 51.4 Å². The predicted octanol–water partition coefficient (Wildman–Crippen LogP) is -0.115. The molecule has 9 heteroatoms. The van der Waals surface area contributed by atoms with Crippen LogP contribution in [0.3, 0.4) is 0 Å². The van der Waals surface area contributed by atoms with Gasteiger partial charge in [-0.15, -0.1) is 0 Å². The Morgan fingerprint density at radius 2 is 0.966 bits per heavy atom. The van der Waals surface area contributed by atoms with Crippen LogP contribution in [0.4, 0.5) is 0 Å². The number of esters is 2. The van der Waals surface area contributed by atoms with Gasteiger partial charge in [0.25, 0.3) is 0 Å². The molecule has 0 saturated heterocycles. The van der Waals surface area contributed by atoms with Crippen LogP contribution in [0.5, 0.6) is 0 Å². The Hall–Kier alpha value is -0.701. The summed E-state index contributed by atoms with van der Waals surface area (Å²) in [4.78, 5) is 22.4. The summed E-state index contributed by atoms with van der Waals surface area (Å²) in [6, 6.07) is 0.